The highest BCUT2D eigenvalue weighted by molar-refractivity contribution is 9.10. The van der Waals surface area contributed by atoms with Gasteiger partial charge in [0, 0.05) is 10.9 Å². The fraction of sp³-hybridized carbons (Fsp3) is 0.364. The van der Waals surface area contributed by atoms with Crippen molar-refractivity contribution in [3.63, 3.8) is 0 Å². The number of nitrogens with zero attached hydrogens (tertiary/aromatic N) is 1. The standard InChI is InChI=1S/C11H12BrFN2O2/c12-6-3-8(13)11(14)9(4-6)15-7(5-16)1-2-10(15)17/h3-4,7,16H,1-2,5,14H2. The summed E-state index contributed by atoms with van der Waals surface area (Å²) in [5.74, 6) is -0.723. The first kappa shape index (κ1) is 12.3. The highest BCUT2D eigenvalue weighted by Crippen LogP contribution is 2.35. The van der Waals surface area contributed by atoms with Gasteiger partial charge in [0.2, 0.25) is 5.91 Å². The number of amides is 1. The fourth-order valence-corrected chi connectivity index (χ4v) is 2.44. The molecular formula is C11H12BrFN2O2. The van der Waals surface area contributed by atoms with Crippen molar-refractivity contribution in [1.29, 1.82) is 0 Å². The summed E-state index contributed by atoms with van der Waals surface area (Å²) in [6.45, 7) is -0.153. The van der Waals surface area contributed by atoms with Gasteiger partial charge in [-0.1, -0.05) is 15.9 Å². The van der Waals surface area contributed by atoms with E-state index in [0.717, 1.165) is 0 Å². The number of rotatable bonds is 2. The zero-order chi connectivity index (χ0) is 12.6. The monoisotopic (exact) mass is 302 g/mol. The minimum atomic E-state index is -0.578. The molecule has 1 atom stereocenters. The van der Waals surface area contributed by atoms with Gasteiger partial charge in [0.1, 0.15) is 5.82 Å². The third-order valence-electron chi connectivity index (χ3n) is 2.87. The van der Waals surface area contributed by atoms with E-state index in [0.29, 0.717) is 23.0 Å². The van der Waals surface area contributed by atoms with Crippen molar-refractivity contribution in [2.75, 3.05) is 17.2 Å². The van der Waals surface area contributed by atoms with Gasteiger partial charge >= 0.3 is 0 Å². The normalized spacial score (nSPS) is 20.1. The summed E-state index contributed by atoms with van der Waals surface area (Å²) in [7, 11) is 0. The summed E-state index contributed by atoms with van der Waals surface area (Å²) in [6.07, 6.45) is 0.904. The predicted molar refractivity (Wildman–Crippen MR) is 66.1 cm³/mol. The van der Waals surface area contributed by atoms with Crippen molar-refractivity contribution in [2.45, 2.75) is 18.9 Å². The number of benzene rings is 1. The molecule has 92 valence electrons. The number of nitrogens with two attached hydrogens (primary N) is 1. The Morgan fingerprint density at radius 1 is 1.59 bits per heavy atom. The summed E-state index contributed by atoms with van der Waals surface area (Å²) >= 11 is 3.16. The minimum absolute atomic E-state index is 0.0677. The lowest BCUT2D eigenvalue weighted by Crippen LogP contribution is -2.36. The molecule has 0 aromatic heterocycles. The first-order valence-corrected chi connectivity index (χ1v) is 6.01. The van der Waals surface area contributed by atoms with Crippen LogP contribution < -0.4 is 10.6 Å². The Labute approximate surface area is 106 Å². The molecule has 3 N–H and O–H groups in total. The van der Waals surface area contributed by atoms with E-state index < -0.39 is 5.82 Å². The Morgan fingerprint density at radius 3 is 2.94 bits per heavy atom. The summed E-state index contributed by atoms with van der Waals surface area (Å²) in [5, 5.41) is 9.20. The maximum atomic E-state index is 13.5. The molecule has 1 heterocycles. The number of nitrogen functional groups attached to an aromatic ring is 1. The molecule has 2 rings (SSSR count). The van der Waals surface area contributed by atoms with Gasteiger partial charge in [0.25, 0.3) is 0 Å². The summed E-state index contributed by atoms with van der Waals surface area (Å²) < 4.78 is 14.0. The molecule has 1 fully saturated rings. The van der Waals surface area contributed by atoms with Crippen LogP contribution in [0.4, 0.5) is 15.8 Å². The van der Waals surface area contributed by atoms with E-state index in [4.69, 9.17) is 5.73 Å². The first-order chi connectivity index (χ1) is 8.04. The molecule has 1 amide bonds. The maximum Gasteiger partial charge on any atom is 0.227 e. The van der Waals surface area contributed by atoms with E-state index in [1.165, 1.54) is 11.0 Å². The van der Waals surface area contributed by atoms with Crippen LogP contribution in [0.15, 0.2) is 16.6 Å². The smallest absolute Gasteiger partial charge is 0.227 e. The van der Waals surface area contributed by atoms with Crippen molar-refractivity contribution in [1.82, 2.24) is 0 Å². The van der Waals surface area contributed by atoms with Crippen LogP contribution in [0.3, 0.4) is 0 Å². The highest BCUT2D eigenvalue weighted by atomic mass is 79.9. The Hall–Kier alpha value is -1.14. The lowest BCUT2D eigenvalue weighted by molar-refractivity contribution is -0.117. The second-order valence-electron chi connectivity index (χ2n) is 3.96. The molecule has 1 saturated heterocycles. The van der Waals surface area contributed by atoms with Crippen LogP contribution in [0.5, 0.6) is 0 Å². The molecule has 1 aliphatic rings. The molecule has 1 aliphatic heterocycles. The van der Waals surface area contributed by atoms with E-state index in [-0.39, 0.29) is 24.2 Å². The second-order valence-corrected chi connectivity index (χ2v) is 4.87. The third kappa shape index (κ3) is 2.14. The van der Waals surface area contributed by atoms with Crippen LogP contribution in [0.1, 0.15) is 12.8 Å². The van der Waals surface area contributed by atoms with Gasteiger partial charge in [-0.25, -0.2) is 4.39 Å². The summed E-state index contributed by atoms with van der Waals surface area (Å²) in [6, 6.07) is 2.51. The van der Waals surface area contributed by atoms with Gasteiger partial charge in [-0.2, -0.15) is 0 Å². The summed E-state index contributed by atoms with van der Waals surface area (Å²) in [4.78, 5) is 13.1. The zero-order valence-corrected chi connectivity index (χ0v) is 10.6. The van der Waals surface area contributed by atoms with E-state index in [1.807, 2.05) is 0 Å². The Balaban J connectivity index is 2.48. The van der Waals surface area contributed by atoms with Crippen LogP contribution in [0, 0.1) is 5.82 Å². The number of hydrogen-bond acceptors (Lipinski definition) is 3. The van der Waals surface area contributed by atoms with Crippen LogP contribution in [0.2, 0.25) is 0 Å². The largest absolute Gasteiger partial charge is 0.395 e. The van der Waals surface area contributed by atoms with Crippen LogP contribution in [-0.2, 0) is 4.79 Å². The predicted octanol–water partition coefficient (Wildman–Crippen LogP) is 1.66. The number of hydrogen-bond donors (Lipinski definition) is 2. The van der Waals surface area contributed by atoms with Gasteiger partial charge in [-0.05, 0) is 18.6 Å². The van der Waals surface area contributed by atoms with Crippen LogP contribution in [-0.4, -0.2) is 23.7 Å². The third-order valence-corrected chi connectivity index (χ3v) is 3.33. The average molecular weight is 303 g/mol. The SMILES string of the molecule is Nc1c(F)cc(Br)cc1N1C(=O)CCC1CO. The van der Waals surface area contributed by atoms with Crippen LogP contribution in [0.25, 0.3) is 0 Å². The number of carbonyl (C=O) groups is 1. The van der Waals surface area contributed by atoms with E-state index >= 15 is 0 Å². The molecule has 6 heteroatoms. The van der Waals surface area contributed by atoms with E-state index in [1.54, 1.807) is 6.07 Å². The number of carbonyl (C=O) groups excluding carboxylic acids is 1. The molecule has 1 aromatic carbocycles. The van der Waals surface area contributed by atoms with Gasteiger partial charge in [-0.3, -0.25) is 4.79 Å². The van der Waals surface area contributed by atoms with Crippen molar-refractivity contribution >= 4 is 33.2 Å². The minimum Gasteiger partial charge on any atom is -0.395 e. The second kappa shape index (κ2) is 4.62. The molecule has 0 bridgehead atoms. The molecule has 17 heavy (non-hydrogen) atoms. The van der Waals surface area contributed by atoms with Gasteiger partial charge in [-0.15, -0.1) is 0 Å². The molecule has 0 radical (unpaired) electrons. The highest BCUT2D eigenvalue weighted by Gasteiger charge is 2.33. The summed E-state index contributed by atoms with van der Waals surface area (Å²) in [5.41, 5.74) is 5.89. The number of aliphatic hydroxyl groups excluding tert-OH is 1. The maximum absolute atomic E-state index is 13.5. The van der Waals surface area contributed by atoms with Crippen molar-refractivity contribution in [3.05, 3.63) is 22.4 Å². The number of anilines is 2. The molecule has 1 aromatic rings. The van der Waals surface area contributed by atoms with Gasteiger partial charge in [0.05, 0.1) is 24.0 Å². The lowest BCUT2D eigenvalue weighted by Gasteiger charge is -2.25. The fourth-order valence-electron chi connectivity index (χ4n) is 2.02. The van der Waals surface area contributed by atoms with E-state index in [9.17, 15) is 14.3 Å². The molecule has 4 nitrogen and oxygen atoms in total. The Morgan fingerprint density at radius 2 is 2.29 bits per heavy atom. The van der Waals surface area contributed by atoms with Crippen LogP contribution >= 0.6 is 15.9 Å². The van der Waals surface area contributed by atoms with E-state index in [2.05, 4.69) is 15.9 Å². The molecule has 0 aliphatic carbocycles. The topological polar surface area (TPSA) is 66.6 Å². The first-order valence-electron chi connectivity index (χ1n) is 5.22. The Kier molecular flexibility index (Phi) is 3.35. The molecule has 1 unspecified atom stereocenters. The van der Waals surface area contributed by atoms with Gasteiger partial charge in [0.15, 0.2) is 0 Å². The number of halogens is 2. The lowest BCUT2D eigenvalue weighted by atomic mass is 10.2. The molecule has 0 spiro atoms. The average Bonchev–Trinajstić information content (AvgIpc) is 2.65. The zero-order valence-electron chi connectivity index (χ0n) is 8.99. The number of aliphatic hydroxyl groups is 1. The van der Waals surface area contributed by atoms with Crippen molar-refractivity contribution in [2.24, 2.45) is 0 Å². The van der Waals surface area contributed by atoms with Crippen molar-refractivity contribution in [3.8, 4) is 0 Å². The molecular weight excluding hydrogens is 291 g/mol. The molecule has 0 saturated carbocycles. The quantitative estimate of drug-likeness (QED) is 0.817. The van der Waals surface area contributed by atoms with Gasteiger partial charge < -0.3 is 15.7 Å². The van der Waals surface area contributed by atoms with Crippen molar-refractivity contribution < 1.29 is 14.3 Å². The Bertz CT molecular complexity index is 467.